The Morgan fingerprint density at radius 3 is 2.80 bits per heavy atom. The van der Waals surface area contributed by atoms with Gasteiger partial charge in [0.05, 0.1) is 0 Å². The highest BCUT2D eigenvalue weighted by Gasteiger charge is 2.12. The van der Waals surface area contributed by atoms with Crippen molar-refractivity contribution in [3.05, 3.63) is 45.8 Å². The molecule has 20 heavy (non-hydrogen) atoms. The van der Waals surface area contributed by atoms with Gasteiger partial charge in [-0.3, -0.25) is 4.79 Å². The predicted octanol–water partition coefficient (Wildman–Crippen LogP) is 2.85. The number of amides is 1. The highest BCUT2D eigenvalue weighted by molar-refractivity contribution is 7.11. The molecule has 2 aromatic heterocycles. The van der Waals surface area contributed by atoms with Gasteiger partial charge < -0.3 is 10.6 Å². The number of nitrogens with one attached hydrogen (secondary N) is 2. The molecule has 0 aliphatic carbocycles. The van der Waals surface area contributed by atoms with Crippen LogP contribution in [0.25, 0.3) is 0 Å². The third-order valence-electron chi connectivity index (χ3n) is 2.92. The van der Waals surface area contributed by atoms with Crippen LogP contribution in [-0.4, -0.2) is 24.0 Å². The maximum atomic E-state index is 12.1. The SMILES string of the molecule is CNc1cccc(C(=O)NC(C)Cc2ccc(C)s2)n1. The lowest BCUT2D eigenvalue weighted by Crippen LogP contribution is -2.34. The van der Waals surface area contributed by atoms with Gasteiger partial charge in [-0.1, -0.05) is 6.07 Å². The van der Waals surface area contributed by atoms with E-state index in [0.29, 0.717) is 11.5 Å². The average Bonchev–Trinajstić information content (AvgIpc) is 2.83. The predicted molar refractivity (Wildman–Crippen MR) is 83.5 cm³/mol. The molecule has 2 aromatic rings. The molecule has 1 unspecified atom stereocenters. The van der Waals surface area contributed by atoms with Crippen molar-refractivity contribution in [1.82, 2.24) is 10.3 Å². The van der Waals surface area contributed by atoms with Crippen LogP contribution in [0, 0.1) is 6.92 Å². The molecule has 0 aliphatic rings. The first-order valence-corrected chi connectivity index (χ1v) is 7.41. The third-order valence-corrected chi connectivity index (χ3v) is 3.94. The number of aryl methyl sites for hydroxylation is 1. The standard InChI is InChI=1S/C15H19N3OS/c1-10(9-12-8-7-11(2)20-12)17-15(19)13-5-4-6-14(16-3)18-13/h4-8,10H,9H2,1-3H3,(H,16,18)(H,17,19). The van der Waals surface area contributed by atoms with Gasteiger partial charge in [-0.15, -0.1) is 11.3 Å². The highest BCUT2D eigenvalue weighted by atomic mass is 32.1. The minimum atomic E-state index is -0.136. The van der Waals surface area contributed by atoms with E-state index >= 15 is 0 Å². The van der Waals surface area contributed by atoms with Gasteiger partial charge in [-0.2, -0.15) is 0 Å². The van der Waals surface area contributed by atoms with E-state index < -0.39 is 0 Å². The number of nitrogens with zero attached hydrogens (tertiary/aromatic N) is 1. The van der Waals surface area contributed by atoms with Crippen LogP contribution in [0.3, 0.4) is 0 Å². The molecule has 0 saturated heterocycles. The largest absolute Gasteiger partial charge is 0.373 e. The Kier molecular flexibility index (Phi) is 4.74. The molecule has 2 N–H and O–H groups in total. The number of hydrogen-bond acceptors (Lipinski definition) is 4. The lowest BCUT2D eigenvalue weighted by molar-refractivity contribution is 0.0935. The monoisotopic (exact) mass is 289 g/mol. The molecule has 1 amide bonds. The second kappa shape index (κ2) is 6.52. The number of aromatic nitrogens is 1. The summed E-state index contributed by atoms with van der Waals surface area (Å²) in [5.41, 5.74) is 0.436. The smallest absolute Gasteiger partial charge is 0.270 e. The number of rotatable bonds is 5. The summed E-state index contributed by atoms with van der Waals surface area (Å²) in [7, 11) is 1.78. The molecule has 0 bridgehead atoms. The minimum Gasteiger partial charge on any atom is -0.373 e. The summed E-state index contributed by atoms with van der Waals surface area (Å²) >= 11 is 1.77. The lowest BCUT2D eigenvalue weighted by Gasteiger charge is -2.13. The first kappa shape index (κ1) is 14.5. The topological polar surface area (TPSA) is 54.0 Å². The van der Waals surface area contributed by atoms with Crippen LogP contribution < -0.4 is 10.6 Å². The Hall–Kier alpha value is -1.88. The molecule has 2 rings (SSSR count). The fourth-order valence-corrected chi connectivity index (χ4v) is 2.96. The molecule has 0 saturated carbocycles. The van der Waals surface area contributed by atoms with Crippen molar-refractivity contribution in [3.63, 3.8) is 0 Å². The van der Waals surface area contributed by atoms with Crippen molar-refractivity contribution >= 4 is 23.1 Å². The summed E-state index contributed by atoms with van der Waals surface area (Å²) in [6.45, 7) is 4.10. The molecule has 106 valence electrons. The van der Waals surface area contributed by atoms with Gasteiger partial charge >= 0.3 is 0 Å². The summed E-state index contributed by atoms with van der Waals surface area (Å²) in [6.07, 6.45) is 0.843. The third kappa shape index (κ3) is 3.81. The summed E-state index contributed by atoms with van der Waals surface area (Å²) in [6, 6.07) is 9.67. The van der Waals surface area contributed by atoms with Gasteiger partial charge in [0.2, 0.25) is 0 Å². The molecular formula is C15H19N3OS. The Morgan fingerprint density at radius 1 is 1.35 bits per heavy atom. The van der Waals surface area contributed by atoms with E-state index in [4.69, 9.17) is 0 Å². The van der Waals surface area contributed by atoms with E-state index in [1.165, 1.54) is 9.75 Å². The van der Waals surface area contributed by atoms with E-state index in [0.717, 1.165) is 6.42 Å². The van der Waals surface area contributed by atoms with Gasteiger partial charge in [-0.25, -0.2) is 4.98 Å². The fourth-order valence-electron chi connectivity index (χ4n) is 1.95. The molecule has 0 radical (unpaired) electrons. The fraction of sp³-hybridized carbons (Fsp3) is 0.333. The molecule has 1 atom stereocenters. The lowest BCUT2D eigenvalue weighted by atomic mass is 10.2. The zero-order valence-electron chi connectivity index (χ0n) is 11.9. The van der Waals surface area contributed by atoms with E-state index in [1.807, 2.05) is 19.1 Å². The van der Waals surface area contributed by atoms with Crippen LogP contribution in [0.2, 0.25) is 0 Å². The van der Waals surface area contributed by atoms with E-state index in [-0.39, 0.29) is 11.9 Å². The number of pyridine rings is 1. The zero-order valence-corrected chi connectivity index (χ0v) is 12.8. The molecule has 5 heteroatoms. The van der Waals surface area contributed by atoms with Crippen molar-refractivity contribution in [1.29, 1.82) is 0 Å². The molecular weight excluding hydrogens is 270 g/mol. The Morgan fingerprint density at radius 2 is 2.15 bits per heavy atom. The second-order valence-electron chi connectivity index (χ2n) is 4.75. The Bertz CT molecular complexity index is 594. The number of carbonyl (C=O) groups excluding carboxylic acids is 1. The Labute approximate surface area is 123 Å². The van der Waals surface area contributed by atoms with Gasteiger partial charge in [0.25, 0.3) is 5.91 Å². The van der Waals surface area contributed by atoms with Crippen molar-refractivity contribution in [2.75, 3.05) is 12.4 Å². The van der Waals surface area contributed by atoms with Crippen LogP contribution in [0.5, 0.6) is 0 Å². The summed E-state index contributed by atoms with van der Waals surface area (Å²) < 4.78 is 0. The number of carbonyl (C=O) groups is 1. The summed E-state index contributed by atoms with van der Waals surface area (Å²) in [5.74, 6) is 0.557. The minimum absolute atomic E-state index is 0.0839. The zero-order chi connectivity index (χ0) is 14.5. The molecule has 0 aromatic carbocycles. The Balaban J connectivity index is 1.96. The van der Waals surface area contributed by atoms with Crippen LogP contribution in [-0.2, 0) is 6.42 Å². The van der Waals surface area contributed by atoms with Crippen LogP contribution in [0.4, 0.5) is 5.82 Å². The van der Waals surface area contributed by atoms with E-state index in [2.05, 4.69) is 34.7 Å². The molecule has 2 heterocycles. The number of anilines is 1. The number of thiophene rings is 1. The first-order valence-electron chi connectivity index (χ1n) is 6.59. The summed E-state index contributed by atoms with van der Waals surface area (Å²) in [5, 5.41) is 5.91. The van der Waals surface area contributed by atoms with Crippen molar-refractivity contribution in [3.8, 4) is 0 Å². The van der Waals surface area contributed by atoms with Crippen LogP contribution >= 0.6 is 11.3 Å². The van der Waals surface area contributed by atoms with Gasteiger partial charge in [0.15, 0.2) is 0 Å². The van der Waals surface area contributed by atoms with Gasteiger partial charge in [0.1, 0.15) is 11.5 Å². The number of hydrogen-bond donors (Lipinski definition) is 2. The quantitative estimate of drug-likeness (QED) is 0.890. The summed E-state index contributed by atoms with van der Waals surface area (Å²) in [4.78, 5) is 18.9. The van der Waals surface area contributed by atoms with Crippen LogP contribution in [0.1, 0.15) is 27.2 Å². The van der Waals surface area contributed by atoms with Gasteiger partial charge in [0, 0.05) is 29.3 Å². The first-order chi connectivity index (χ1) is 9.58. The molecule has 0 aliphatic heterocycles. The normalized spacial score (nSPS) is 11.9. The van der Waals surface area contributed by atoms with Crippen LogP contribution in [0.15, 0.2) is 30.3 Å². The van der Waals surface area contributed by atoms with E-state index in [1.54, 1.807) is 24.5 Å². The molecule has 0 spiro atoms. The molecule has 0 fully saturated rings. The van der Waals surface area contributed by atoms with E-state index in [9.17, 15) is 4.79 Å². The second-order valence-corrected chi connectivity index (χ2v) is 6.12. The van der Waals surface area contributed by atoms with Crippen molar-refractivity contribution in [2.24, 2.45) is 0 Å². The van der Waals surface area contributed by atoms with Gasteiger partial charge in [-0.05, 0) is 38.1 Å². The maximum absolute atomic E-state index is 12.1. The maximum Gasteiger partial charge on any atom is 0.270 e. The van der Waals surface area contributed by atoms with Crippen molar-refractivity contribution in [2.45, 2.75) is 26.3 Å². The van der Waals surface area contributed by atoms with Crippen molar-refractivity contribution < 1.29 is 4.79 Å². The highest BCUT2D eigenvalue weighted by Crippen LogP contribution is 2.16. The molecule has 4 nitrogen and oxygen atoms in total. The average molecular weight is 289 g/mol.